The minimum absolute atomic E-state index is 0.174. The van der Waals surface area contributed by atoms with Crippen molar-refractivity contribution < 1.29 is 4.79 Å². The summed E-state index contributed by atoms with van der Waals surface area (Å²) in [6, 6.07) is 16.8. The van der Waals surface area contributed by atoms with Gasteiger partial charge in [-0.25, -0.2) is 0 Å². The molecule has 1 amide bonds. The maximum Gasteiger partial charge on any atom is 0.241 e. The largest absolute Gasteiger partial charge is 0.376 e. The lowest BCUT2D eigenvalue weighted by molar-refractivity contribution is -0.129. The molecule has 3 rings (SSSR count). The molecule has 0 aromatic heterocycles. The topological polar surface area (TPSA) is 35.6 Å². The molecule has 0 bridgehead atoms. The van der Waals surface area contributed by atoms with E-state index in [4.69, 9.17) is 0 Å². The summed E-state index contributed by atoms with van der Waals surface area (Å²) in [5.74, 6) is 0.610. The molecule has 26 heavy (non-hydrogen) atoms. The number of hydrogen-bond donors (Lipinski definition) is 1. The molecular formula is C22H29N3O. The molecule has 1 N–H and O–H groups in total. The van der Waals surface area contributed by atoms with Gasteiger partial charge in [0.25, 0.3) is 0 Å². The molecule has 0 atom stereocenters. The van der Waals surface area contributed by atoms with E-state index in [0.717, 1.165) is 31.9 Å². The SMILES string of the molecule is Cc1cccc(N2CCN(C(=O)CNc3ccccc3C(C)C)CC2)c1. The van der Waals surface area contributed by atoms with Gasteiger partial charge in [-0.05, 0) is 42.2 Å². The lowest BCUT2D eigenvalue weighted by atomic mass is 10.0. The van der Waals surface area contributed by atoms with Gasteiger partial charge in [0.2, 0.25) is 5.91 Å². The first-order valence-corrected chi connectivity index (χ1v) is 9.47. The fourth-order valence-electron chi connectivity index (χ4n) is 3.48. The molecule has 2 aromatic rings. The van der Waals surface area contributed by atoms with Crippen LogP contribution in [0.3, 0.4) is 0 Å². The highest BCUT2D eigenvalue weighted by atomic mass is 16.2. The summed E-state index contributed by atoms with van der Waals surface area (Å²) in [5, 5.41) is 3.34. The number of hydrogen-bond acceptors (Lipinski definition) is 3. The van der Waals surface area contributed by atoms with Crippen LogP contribution in [0.1, 0.15) is 30.9 Å². The number of nitrogens with one attached hydrogen (secondary N) is 1. The number of benzene rings is 2. The van der Waals surface area contributed by atoms with Crippen LogP contribution in [0.15, 0.2) is 48.5 Å². The summed E-state index contributed by atoms with van der Waals surface area (Å²) in [5.41, 5.74) is 4.84. The van der Waals surface area contributed by atoms with Gasteiger partial charge in [-0.3, -0.25) is 4.79 Å². The maximum absolute atomic E-state index is 12.6. The van der Waals surface area contributed by atoms with Crippen molar-refractivity contribution in [2.75, 3.05) is 42.9 Å². The number of para-hydroxylation sites is 1. The lowest BCUT2D eigenvalue weighted by Crippen LogP contribution is -2.50. The Balaban J connectivity index is 1.53. The van der Waals surface area contributed by atoms with Crippen molar-refractivity contribution in [1.82, 2.24) is 4.90 Å². The molecule has 138 valence electrons. The number of anilines is 2. The Morgan fingerprint density at radius 3 is 2.46 bits per heavy atom. The van der Waals surface area contributed by atoms with E-state index < -0.39 is 0 Å². The number of rotatable bonds is 5. The third kappa shape index (κ3) is 4.37. The zero-order valence-electron chi connectivity index (χ0n) is 16.0. The number of carbonyl (C=O) groups excluding carboxylic acids is 1. The van der Waals surface area contributed by atoms with Crippen LogP contribution < -0.4 is 10.2 Å². The van der Waals surface area contributed by atoms with Crippen LogP contribution in [0.4, 0.5) is 11.4 Å². The molecule has 0 saturated carbocycles. The van der Waals surface area contributed by atoms with Gasteiger partial charge >= 0.3 is 0 Å². The molecule has 1 heterocycles. The standard InChI is InChI=1S/C22H29N3O/c1-17(2)20-9-4-5-10-21(20)23-16-22(26)25-13-11-24(12-14-25)19-8-6-7-18(3)15-19/h4-10,15,17,23H,11-14,16H2,1-3H3. The summed E-state index contributed by atoms with van der Waals surface area (Å²) < 4.78 is 0. The van der Waals surface area contributed by atoms with Crippen LogP contribution in [0.5, 0.6) is 0 Å². The summed E-state index contributed by atoms with van der Waals surface area (Å²) in [4.78, 5) is 16.9. The third-order valence-corrected chi connectivity index (χ3v) is 5.01. The number of nitrogens with zero attached hydrogens (tertiary/aromatic N) is 2. The second kappa shape index (κ2) is 8.26. The maximum atomic E-state index is 12.6. The van der Waals surface area contributed by atoms with E-state index in [1.807, 2.05) is 17.0 Å². The number of piperazine rings is 1. The van der Waals surface area contributed by atoms with E-state index in [0.29, 0.717) is 12.5 Å². The molecule has 2 aromatic carbocycles. The molecule has 4 nitrogen and oxygen atoms in total. The molecule has 0 unspecified atom stereocenters. The molecule has 0 spiro atoms. The van der Waals surface area contributed by atoms with Gasteiger partial charge in [0.05, 0.1) is 6.54 Å². The average molecular weight is 351 g/mol. The van der Waals surface area contributed by atoms with Gasteiger partial charge in [0.1, 0.15) is 0 Å². The summed E-state index contributed by atoms with van der Waals surface area (Å²) >= 11 is 0. The van der Waals surface area contributed by atoms with Gasteiger partial charge in [-0.1, -0.05) is 44.2 Å². The first-order chi connectivity index (χ1) is 12.5. The Hall–Kier alpha value is -2.49. The molecule has 1 saturated heterocycles. The van der Waals surface area contributed by atoms with E-state index in [2.05, 4.69) is 67.4 Å². The van der Waals surface area contributed by atoms with Crippen LogP contribution >= 0.6 is 0 Å². The fraction of sp³-hybridized carbons (Fsp3) is 0.409. The Morgan fingerprint density at radius 1 is 1.04 bits per heavy atom. The molecule has 0 radical (unpaired) electrons. The monoisotopic (exact) mass is 351 g/mol. The second-order valence-electron chi connectivity index (χ2n) is 7.30. The zero-order chi connectivity index (χ0) is 18.5. The van der Waals surface area contributed by atoms with Crippen molar-refractivity contribution in [2.45, 2.75) is 26.7 Å². The highest BCUT2D eigenvalue weighted by Crippen LogP contribution is 2.23. The van der Waals surface area contributed by atoms with E-state index >= 15 is 0 Å². The molecule has 0 aliphatic carbocycles. The molecule has 1 fully saturated rings. The first-order valence-electron chi connectivity index (χ1n) is 9.47. The second-order valence-corrected chi connectivity index (χ2v) is 7.30. The summed E-state index contributed by atoms with van der Waals surface area (Å²) in [6.07, 6.45) is 0. The van der Waals surface area contributed by atoms with E-state index in [9.17, 15) is 4.79 Å². The van der Waals surface area contributed by atoms with Crippen molar-refractivity contribution in [3.05, 3.63) is 59.7 Å². The van der Waals surface area contributed by atoms with Gasteiger partial charge in [0.15, 0.2) is 0 Å². The van der Waals surface area contributed by atoms with Gasteiger partial charge in [-0.15, -0.1) is 0 Å². The molecule has 4 heteroatoms. The van der Waals surface area contributed by atoms with Crippen LogP contribution in [-0.4, -0.2) is 43.5 Å². The summed E-state index contributed by atoms with van der Waals surface area (Å²) in [6.45, 7) is 10.1. The number of amides is 1. The van der Waals surface area contributed by atoms with Gasteiger partial charge < -0.3 is 15.1 Å². The highest BCUT2D eigenvalue weighted by molar-refractivity contribution is 5.81. The van der Waals surface area contributed by atoms with E-state index in [1.54, 1.807) is 0 Å². The number of aryl methyl sites for hydroxylation is 1. The van der Waals surface area contributed by atoms with E-state index in [1.165, 1.54) is 16.8 Å². The highest BCUT2D eigenvalue weighted by Gasteiger charge is 2.21. The minimum atomic E-state index is 0.174. The Kier molecular flexibility index (Phi) is 5.82. The fourth-order valence-corrected chi connectivity index (χ4v) is 3.48. The van der Waals surface area contributed by atoms with Crippen LogP contribution in [-0.2, 0) is 4.79 Å². The number of carbonyl (C=O) groups is 1. The molecule has 1 aliphatic heterocycles. The van der Waals surface area contributed by atoms with Crippen molar-refractivity contribution in [1.29, 1.82) is 0 Å². The first kappa shape index (κ1) is 18.3. The van der Waals surface area contributed by atoms with Crippen molar-refractivity contribution in [2.24, 2.45) is 0 Å². The minimum Gasteiger partial charge on any atom is -0.376 e. The average Bonchev–Trinajstić information content (AvgIpc) is 2.66. The Morgan fingerprint density at radius 2 is 1.77 bits per heavy atom. The molecular weight excluding hydrogens is 322 g/mol. The van der Waals surface area contributed by atoms with Crippen LogP contribution in [0, 0.1) is 6.92 Å². The van der Waals surface area contributed by atoms with E-state index in [-0.39, 0.29) is 5.91 Å². The Labute approximate surface area is 156 Å². The predicted molar refractivity (Wildman–Crippen MR) is 109 cm³/mol. The van der Waals surface area contributed by atoms with Gasteiger partial charge in [-0.2, -0.15) is 0 Å². The van der Waals surface area contributed by atoms with Crippen molar-refractivity contribution >= 4 is 17.3 Å². The Bertz CT molecular complexity index is 749. The van der Waals surface area contributed by atoms with Crippen LogP contribution in [0.2, 0.25) is 0 Å². The zero-order valence-corrected chi connectivity index (χ0v) is 16.0. The predicted octanol–water partition coefficient (Wildman–Crippen LogP) is 3.88. The molecule has 1 aliphatic rings. The lowest BCUT2D eigenvalue weighted by Gasteiger charge is -2.36. The van der Waals surface area contributed by atoms with Gasteiger partial charge in [0, 0.05) is 37.6 Å². The quantitative estimate of drug-likeness (QED) is 0.888. The van der Waals surface area contributed by atoms with Crippen molar-refractivity contribution in [3.63, 3.8) is 0 Å². The third-order valence-electron chi connectivity index (χ3n) is 5.01. The summed E-state index contributed by atoms with van der Waals surface area (Å²) in [7, 11) is 0. The normalized spacial score (nSPS) is 14.6. The smallest absolute Gasteiger partial charge is 0.241 e. The van der Waals surface area contributed by atoms with Crippen LogP contribution in [0.25, 0.3) is 0 Å². The van der Waals surface area contributed by atoms with Crippen molar-refractivity contribution in [3.8, 4) is 0 Å².